The van der Waals surface area contributed by atoms with E-state index in [1.54, 1.807) is 36.4 Å². The third-order valence-electron chi connectivity index (χ3n) is 4.00. The van der Waals surface area contributed by atoms with E-state index in [2.05, 4.69) is 0 Å². The van der Waals surface area contributed by atoms with Crippen LogP contribution in [-0.4, -0.2) is 38.3 Å². The van der Waals surface area contributed by atoms with E-state index in [1.165, 1.54) is 21.3 Å². The summed E-state index contributed by atoms with van der Waals surface area (Å²) in [4.78, 5) is 12.5. The van der Waals surface area contributed by atoms with Crippen molar-refractivity contribution in [3.8, 4) is 23.0 Å². The van der Waals surface area contributed by atoms with Crippen molar-refractivity contribution in [1.82, 2.24) is 0 Å². The summed E-state index contributed by atoms with van der Waals surface area (Å²) in [5.41, 5.74) is 0.946. The molecule has 0 aliphatic carbocycles. The highest BCUT2D eigenvalue weighted by Gasteiger charge is 2.37. The number of Topliss-reactive ketones (excluding diaryl/α,β-unsaturated/α-hetero) is 1. The van der Waals surface area contributed by atoms with Crippen molar-refractivity contribution in [2.45, 2.75) is 12.2 Å². The highest BCUT2D eigenvalue weighted by atomic mass is 16.5. The SMILES string of the molecule is COc1ccc2c(c1)OC(c1ccc(OC)c(OC)c1)C(O)C2=O. The molecular formula is C18H18O6. The number of fused-ring (bicyclic) bond motifs is 1. The van der Waals surface area contributed by atoms with E-state index >= 15 is 0 Å². The number of hydrogen-bond acceptors (Lipinski definition) is 6. The van der Waals surface area contributed by atoms with Gasteiger partial charge in [-0.05, 0) is 29.8 Å². The lowest BCUT2D eigenvalue weighted by Gasteiger charge is -2.30. The number of benzene rings is 2. The van der Waals surface area contributed by atoms with Crippen molar-refractivity contribution >= 4 is 5.78 Å². The highest BCUT2D eigenvalue weighted by molar-refractivity contribution is 6.03. The molecule has 1 N–H and O–H groups in total. The predicted molar refractivity (Wildman–Crippen MR) is 86.2 cm³/mol. The van der Waals surface area contributed by atoms with E-state index in [9.17, 15) is 9.90 Å². The molecule has 0 spiro atoms. The summed E-state index contributed by atoms with van der Waals surface area (Å²) in [7, 11) is 4.59. The summed E-state index contributed by atoms with van der Waals surface area (Å²) >= 11 is 0. The van der Waals surface area contributed by atoms with Crippen LogP contribution in [-0.2, 0) is 0 Å². The fourth-order valence-electron chi connectivity index (χ4n) is 2.71. The van der Waals surface area contributed by atoms with Crippen LogP contribution in [0.3, 0.4) is 0 Å². The van der Waals surface area contributed by atoms with Gasteiger partial charge in [-0.1, -0.05) is 6.07 Å². The molecule has 0 bridgehead atoms. The monoisotopic (exact) mass is 330 g/mol. The number of ether oxygens (including phenoxy) is 4. The fraction of sp³-hybridized carbons (Fsp3) is 0.278. The van der Waals surface area contributed by atoms with Crippen LogP contribution in [0.15, 0.2) is 36.4 Å². The van der Waals surface area contributed by atoms with Crippen molar-refractivity contribution in [2.75, 3.05) is 21.3 Å². The van der Waals surface area contributed by atoms with Gasteiger partial charge in [-0.2, -0.15) is 0 Å². The van der Waals surface area contributed by atoms with Crippen molar-refractivity contribution in [3.05, 3.63) is 47.5 Å². The summed E-state index contributed by atoms with van der Waals surface area (Å²) < 4.78 is 21.5. The Bertz CT molecular complexity index is 770. The molecule has 1 aliphatic rings. The largest absolute Gasteiger partial charge is 0.497 e. The van der Waals surface area contributed by atoms with Crippen LogP contribution in [0.5, 0.6) is 23.0 Å². The Morgan fingerprint density at radius 3 is 2.38 bits per heavy atom. The normalized spacial score (nSPS) is 19.2. The third-order valence-corrected chi connectivity index (χ3v) is 4.00. The van der Waals surface area contributed by atoms with Gasteiger partial charge in [0, 0.05) is 6.07 Å². The number of carbonyl (C=O) groups is 1. The summed E-state index contributed by atoms with van der Waals surface area (Å²) in [6.45, 7) is 0. The maximum Gasteiger partial charge on any atom is 0.199 e. The molecule has 2 aromatic rings. The first-order chi connectivity index (χ1) is 11.6. The zero-order valence-corrected chi connectivity index (χ0v) is 13.6. The molecular weight excluding hydrogens is 312 g/mol. The van der Waals surface area contributed by atoms with Crippen molar-refractivity contribution in [3.63, 3.8) is 0 Å². The molecule has 0 amide bonds. The molecule has 0 saturated carbocycles. The fourth-order valence-corrected chi connectivity index (χ4v) is 2.71. The van der Waals surface area contributed by atoms with Gasteiger partial charge >= 0.3 is 0 Å². The minimum atomic E-state index is -1.30. The number of methoxy groups -OCH3 is 3. The minimum Gasteiger partial charge on any atom is -0.497 e. The number of rotatable bonds is 4. The Kier molecular flexibility index (Phi) is 4.31. The number of aliphatic hydroxyl groups is 1. The van der Waals surface area contributed by atoms with Gasteiger partial charge in [0.1, 0.15) is 11.5 Å². The molecule has 1 aliphatic heterocycles. The van der Waals surface area contributed by atoms with Crippen LogP contribution < -0.4 is 18.9 Å². The van der Waals surface area contributed by atoms with Crippen LogP contribution in [0.4, 0.5) is 0 Å². The molecule has 2 atom stereocenters. The molecule has 6 heteroatoms. The first-order valence-electron chi connectivity index (χ1n) is 7.38. The molecule has 126 valence electrons. The molecule has 2 aromatic carbocycles. The number of ketones is 1. The van der Waals surface area contributed by atoms with Gasteiger partial charge in [-0.25, -0.2) is 0 Å². The van der Waals surface area contributed by atoms with E-state index in [0.717, 1.165) is 0 Å². The van der Waals surface area contributed by atoms with E-state index < -0.39 is 18.0 Å². The summed E-state index contributed by atoms with van der Waals surface area (Å²) in [5.74, 6) is 1.61. The van der Waals surface area contributed by atoms with Gasteiger partial charge in [-0.3, -0.25) is 4.79 Å². The first-order valence-corrected chi connectivity index (χ1v) is 7.38. The molecule has 6 nitrogen and oxygen atoms in total. The van der Waals surface area contributed by atoms with Gasteiger partial charge in [0.15, 0.2) is 29.5 Å². The van der Waals surface area contributed by atoms with Crippen LogP contribution in [0.2, 0.25) is 0 Å². The molecule has 3 rings (SSSR count). The lowest BCUT2D eigenvalue weighted by Crippen LogP contribution is -2.36. The van der Waals surface area contributed by atoms with E-state index in [1.807, 2.05) is 0 Å². The number of aliphatic hydroxyl groups excluding tert-OH is 1. The van der Waals surface area contributed by atoms with Crippen LogP contribution in [0.1, 0.15) is 22.0 Å². The Hall–Kier alpha value is -2.73. The summed E-state index contributed by atoms with van der Waals surface area (Å²) in [5, 5.41) is 10.4. The molecule has 0 saturated heterocycles. The Balaban J connectivity index is 2.01. The molecule has 0 radical (unpaired) electrons. The van der Waals surface area contributed by atoms with Crippen molar-refractivity contribution in [1.29, 1.82) is 0 Å². The predicted octanol–water partition coefficient (Wildman–Crippen LogP) is 2.39. The molecule has 0 fully saturated rings. The van der Waals surface area contributed by atoms with E-state index in [-0.39, 0.29) is 0 Å². The van der Waals surface area contributed by atoms with Crippen LogP contribution in [0.25, 0.3) is 0 Å². The molecule has 24 heavy (non-hydrogen) atoms. The lowest BCUT2D eigenvalue weighted by molar-refractivity contribution is 0.0215. The average Bonchev–Trinajstić information content (AvgIpc) is 2.63. The summed E-state index contributed by atoms with van der Waals surface area (Å²) in [6, 6.07) is 10.00. The second-order valence-corrected chi connectivity index (χ2v) is 5.32. The maximum absolute atomic E-state index is 12.5. The quantitative estimate of drug-likeness (QED) is 0.928. The highest BCUT2D eigenvalue weighted by Crippen LogP contribution is 2.39. The number of carbonyl (C=O) groups excluding carboxylic acids is 1. The van der Waals surface area contributed by atoms with E-state index in [4.69, 9.17) is 18.9 Å². The van der Waals surface area contributed by atoms with E-state index in [0.29, 0.717) is 34.1 Å². The van der Waals surface area contributed by atoms with Gasteiger partial charge in [0.05, 0.1) is 26.9 Å². The smallest absolute Gasteiger partial charge is 0.199 e. The van der Waals surface area contributed by atoms with Gasteiger partial charge in [-0.15, -0.1) is 0 Å². The standard InChI is InChI=1S/C18H18O6/c1-21-11-5-6-12-14(9-11)24-18(17(20)16(12)19)10-4-7-13(22-2)15(8-10)23-3/h4-9,17-18,20H,1-3H3. The maximum atomic E-state index is 12.5. The second kappa shape index (κ2) is 6.41. The summed E-state index contributed by atoms with van der Waals surface area (Å²) in [6.07, 6.45) is -2.14. The third kappa shape index (κ3) is 2.65. The van der Waals surface area contributed by atoms with Crippen molar-refractivity contribution < 1.29 is 28.8 Å². The topological polar surface area (TPSA) is 74.2 Å². The molecule has 1 heterocycles. The second-order valence-electron chi connectivity index (χ2n) is 5.32. The first kappa shape index (κ1) is 16.1. The van der Waals surface area contributed by atoms with Crippen molar-refractivity contribution in [2.24, 2.45) is 0 Å². The molecule has 0 aromatic heterocycles. The Morgan fingerprint density at radius 2 is 1.71 bits per heavy atom. The number of hydrogen-bond donors (Lipinski definition) is 1. The Morgan fingerprint density at radius 1 is 0.958 bits per heavy atom. The van der Waals surface area contributed by atoms with Gasteiger partial charge in [0.2, 0.25) is 0 Å². The average molecular weight is 330 g/mol. The van der Waals surface area contributed by atoms with Crippen LogP contribution in [0, 0.1) is 0 Å². The Labute approximate surface area is 139 Å². The van der Waals surface area contributed by atoms with Gasteiger partial charge < -0.3 is 24.1 Å². The lowest BCUT2D eigenvalue weighted by atomic mass is 9.93. The zero-order chi connectivity index (χ0) is 17.3. The molecule has 2 unspecified atom stereocenters. The minimum absolute atomic E-state index is 0.333. The van der Waals surface area contributed by atoms with Crippen LogP contribution >= 0.6 is 0 Å². The van der Waals surface area contributed by atoms with Gasteiger partial charge in [0.25, 0.3) is 0 Å². The zero-order valence-electron chi connectivity index (χ0n) is 13.6.